The highest BCUT2D eigenvalue weighted by Gasteiger charge is 2.26. The van der Waals surface area contributed by atoms with E-state index in [1.807, 2.05) is 97.2 Å². The summed E-state index contributed by atoms with van der Waals surface area (Å²) >= 11 is 0. The van der Waals surface area contributed by atoms with E-state index >= 15 is 0 Å². The number of benzene rings is 7. The van der Waals surface area contributed by atoms with E-state index in [-0.39, 0.29) is 0 Å². The van der Waals surface area contributed by atoms with Gasteiger partial charge in [0, 0.05) is 57.0 Å². The minimum absolute atomic E-state index is 0.567. The van der Waals surface area contributed by atoms with Crippen molar-refractivity contribution in [2.75, 3.05) is 10.6 Å². The van der Waals surface area contributed by atoms with Gasteiger partial charge in [-0.25, -0.2) is 19.9 Å². The van der Waals surface area contributed by atoms with Crippen molar-refractivity contribution >= 4 is 49.9 Å². The summed E-state index contributed by atoms with van der Waals surface area (Å²) in [6, 6.07) is 68.6. The Labute approximate surface area is 352 Å². The van der Waals surface area contributed by atoms with Gasteiger partial charge in [-0.2, -0.15) is 0 Å². The largest absolute Gasteiger partial charge is 0.383 e. The highest BCUT2D eigenvalue weighted by molar-refractivity contribution is 6.17. The quantitative estimate of drug-likeness (QED) is 0.157. The van der Waals surface area contributed by atoms with Crippen molar-refractivity contribution in [2.24, 2.45) is 0 Å². The molecule has 0 spiro atoms. The van der Waals surface area contributed by atoms with Crippen LogP contribution < -0.4 is 10.6 Å². The number of hydrogen-bond acceptors (Lipinski definition) is 6. The minimum atomic E-state index is 0.567. The molecule has 8 nitrogen and oxygen atoms in total. The monoisotopic (exact) mass is 786 g/mol. The molecule has 0 amide bonds. The van der Waals surface area contributed by atoms with Crippen LogP contribution in [-0.2, 0) is 6.54 Å². The van der Waals surface area contributed by atoms with Gasteiger partial charge in [-0.1, -0.05) is 146 Å². The topological polar surface area (TPSA) is 90.7 Å². The third-order valence-electron chi connectivity index (χ3n) is 11.2. The van der Waals surface area contributed by atoms with Crippen LogP contribution in [0.2, 0.25) is 0 Å². The molecule has 7 aromatic carbocycles. The highest BCUT2D eigenvalue weighted by atomic mass is 15.2. The van der Waals surface area contributed by atoms with E-state index in [9.17, 15) is 0 Å². The van der Waals surface area contributed by atoms with Crippen molar-refractivity contribution in [3.8, 4) is 45.7 Å². The van der Waals surface area contributed by atoms with Crippen LogP contribution in [0.4, 0.5) is 17.2 Å². The fourth-order valence-corrected chi connectivity index (χ4v) is 8.44. The van der Waals surface area contributed by atoms with Crippen LogP contribution in [0.15, 0.2) is 206 Å². The third-order valence-corrected chi connectivity index (χ3v) is 11.2. The Morgan fingerprint density at radius 3 is 1.69 bits per heavy atom. The summed E-state index contributed by atoms with van der Waals surface area (Å²) in [5.74, 6) is 3.23. The van der Waals surface area contributed by atoms with Gasteiger partial charge in [-0.15, -0.1) is 0 Å². The first-order valence-corrected chi connectivity index (χ1v) is 20.3. The van der Waals surface area contributed by atoms with Crippen LogP contribution in [0.25, 0.3) is 78.4 Å². The van der Waals surface area contributed by atoms with E-state index in [4.69, 9.17) is 25.7 Å². The second kappa shape index (κ2) is 15.1. The Kier molecular flexibility index (Phi) is 8.86. The number of hydrogen-bond donors (Lipinski definition) is 1. The van der Waals surface area contributed by atoms with E-state index < -0.39 is 0 Å². The SMILES string of the molecule is Nc1c(N(Cc2ccccc2)c2ccccc2)c2cc3c4ccccc4n(-c4ccccn4)c3cc2n1-c1cccc(-c2nc(-c3ccccc3)nc(-c3ccccc3)n2)c1. The molecular formula is C53H38N8. The maximum Gasteiger partial charge on any atom is 0.164 e. The lowest BCUT2D eigenvalue weighted by atomic mass is 10.1. The van der Waals surface area contributed by atoms with Gasteiger partial charge in [0.05, 0.1) is 22.2 Å². The van der Waals surface area contributed by atoms with Crippen LogP contribution in [0.3, 0.4) is 0 Å². The first-order valence-electron chi connectivity index (χ1n) is 20.3. The van der Waals surface area contributed by atoms with E-state index in [0.717, 1.165) is 72.3 Å². The summed E-state index contributed by atoms with van der Waals surface area (Å²) in [5.41, 5.74) is 17.3. The first kappa shape index (κ1) is 35.8. The fourth-order valence-electron chi connectivity index (χ4n) is 8.44. The van der Waals surface area contributed by atoms with E-state index in [0.29, 0.717) is 29.8 Å². The molecule has 0 fully saturated rings. The maximum atomic E-state index is 7.58. The average Bonchev–Trinajstić information content (AvgIpc) is 3.81. The Morgan fingerprint density at radius 2 is 1.02 bits per heavy atom. The van der Waals surface area contributed by atoms with Crippen molar-refractivity contribution in [3.05, 3.63) is 212 Å². The van der Waals surface area contributed by atoms with Crippen molar-refractivity contribution in [1.82, 2.24) is 29.1 Å². The number of para-hydroxylation sites is 2. The van der Waals surface area contributed by atoms with E-state index in [1.54, 1.807) is 0 Å². The van der Waals surface area contributed by atoms with E-state index in [1.165, 1.54) is 5.56 Å². The van der Waals surface area contributed by atoms with Gasteiger partial charge in [-0.3, -0.25) is 9.13 Å². The molecule has 11 aromatic rings. The molecule has 0 bridgehead atoms. The number of pyridine rings is 1. The molecular weight excluding hydrogens is 749 g/mol. The summed E-state index contributed by atoms with van der Waals surface area (Å²) in [4.78, 5) is 22.2. The number of nitrogens with two attached hydrogens (primary N) is 1. The zero-order chi connectivity index (χ0) is 40.7. The van der Waals surface area contributed by atoms with Crippen molar-refractivity contribution in [1.29, 1.82) is 0 Å². The molecule has 8 heteroatoms. The number of anilines is 3. The molecule has 0 saturated carbocycles. The number of nitrogens with zero attached hydrogens (tertiary/aromatic N) is 7. The average molecular weight is 787 g/mol. The Morgan fingerprint density at radius 1 is 0.443 bits per heavy atom. The van der Waals surface area contributed by atoms with Crippen LogP contribution in [0.5, 0.6) is 0 Å². The predicted octanol–water partition coefficient (Wildman–Crippen LogP) is 12.2. The Balaban J connectivity index is 1.18. The van der Waals surface area contributed by atoms with Crippen LogP contribution in [0.1, 0.15) is 5.56 Å². The molecule has 11 rings (SSSR count). The Bertz CT molecular complexity index is 3270. The molecule has 0 aliphatic carbocycles. The minimum Gasteiger partial charge on any atom is -0.383 e. The second-order valence-electron chi connectivity index (χ2n) is 15.0. The summed E-state index contributed by atoms with van der Waals surface area (Å²) in [6.45, 7) is 0.608. The summed E-state index contributed by atoms with van der Waals surface area (Å²) < 4.78 is 4.42. The smallest absolute Gasteiger partial charge is 0.164 e. The van der Waals surface area contributed by atoms with Gasteiger partial charge < -0.3 is 10.6 Å². The standard InChI is InChI=1S/C53H38N8/c54-50-49(59(40-25-11-4-12-26-40)35-36-18-5-1-6-19-36)44-33-43-42-28-13-14-29-45(42)61(48-30-15-16-31-55-48)46(43)34-47(44)60(50)41-27-17-24-39(32-41)53-57-51(37-20-7-2-8-21-37)56-52(58-53)38-22-9-3-10-23-38/h1-34H,35,54H2. The van der Waals surface area contributed by atoms with Gasteiger partial charge in [0.1, 0.15) is 11.6 Å². The van der Waals surface area contributed by atoms with Crippen LogP contribution >= 0.6 is 0 Å². The van der Waals surface area contributed by atoms with Gasteiger partial charge in [-0.05, 0) is 60.2 Å². The number of nitrogen functional groups attached to an aromatic ring is 1. The molecule has 0 aliphatic rings. The number of fused-ring (bicyclic) bond motifs is 4. The normalized spacial score (nSPS) is 11.4. The molecule has 0 unspecified atom stereocenters. The van der Waals surface area contributed by atoms with Gasteiger partial charge in [0.2, 0.25) is 0 Å². The zero-order valence-corrected chi connectivity index (χ0v) is 33.0. The molecule has 4 heterocycles. The van der Waals surface area contributed by atoms with Gasteiger partial charge >= 0.3 is 0 Å². The predicted molar refractivity (Wildman–Crippen MR) is 248 cm³/mol. The van der Waals surface area contributed by atoms with Gasteiger partial charge in [0.15, 0.2) is 17.5 Å². The lowest BCUT2D eigenvalue weighted by molar-refractivity contribution is 0.977. The molecule has 0 saturated heterocycles. The van der Waals surface area contributed by atoms with Crippen molar-refractivity contribution in [2.45, 2.75) is 6.54 Å². The van der Waals surface area contributed by atoms with Crippen molar-refractivity contribution < 1.29 is 0 Å². The highest BCUT2D eigenvalue weighted by Crippen LogP contribution is 2.46. The number of rotatable bonds is 9. The maximum absolute atomic E-state index is 7.58. The van der Waals surface area contributed by atoms with Crippen LogP contribution in [0, 0.1) is 0 Å². The fraction of sp³-hybridized carbons (Fsp3) is 0.0189. The first-order chi connectivity index (χ1) is 30.2. The Hall–Kier alpha value is -8.36. The zero-order valence-electron chi connectivity index (χ0n) is 33.0. The summed E-state index contributed by atoms with van der Waals surface area (Å²) in [6.07, 6.45) is 1.84. The number of aromatic nitrogens is 6. The lowest BCUT2D eigenvalue weighted by Gasteiger charge is -2.26. The molecule has 61 heavy (non-hydrogen) atoms. The molecule has 290 valence electrons. The molecule has 2 N–H and O–H groups in total. The van der Waals surface area contributed by atoms with Crippen molar-refractivity contribution in [3.63, 3.8) is 0 Å². The summed E-state index contributed by atoms with van der Waals surface area (Å²) in [7, 11) is 0. The van der Waals surface area contributed by atoms with Crippen LogP contribution in [-0.4, -0.2) is 29.1 Å². The molecule has 0 radical (unpaired) electrons. The van der Waals surface area contributed by atoms with Gasteiger partial charge in [0.25, 0.3) is 0 Å². The second-order valence-corrected chi connectivity index (χ2v) is 15.0. The third kappa shape index (κ3) is 6.43. The molecule has 0 atom stereocenters. The summed E-state index contributed by atoms with van der Waals surface area (Å²) in [5, 5.41) is 3.27. The lowest BCUT2D eigenvalue weighted by Crippen LogP contribution is -2.18. The van der Waals surface area contributed by atoms with E-state index in [2.05, 4.69) is 123 Å². The molecule has 4 aromatic heterocycles. The molecule has 0 aliphatic heterocycles.